The topological polar surface area (TPSA) is 71.3 Å². The van der Waals surface area contributed by atoms with Gasteiger partial charge in [0.15, 0.2) is 5.69 Å². The molecule has 0 bridgehead atoms. The average Bonchev–Trinajstić information content (AvgIpc) is 3.07. The number of piperazine rings is 1. The van der Waals surface area contributed by atoms with E-state index in [0.29, 0.717) is 49.9 Å². The summed E-state index contributed by atoms with van der Waals surface area (Å²) in [6, 6.07) is 7.70. The maximum Gasteiger partial charge on any atom is 0.276 e. The van der Waals surface area contributed by atoms with E-state index in [2.05, 4.69) is 40.1 Å². The van der Waals surface area contributed by atoms with Crippen LogP contribution in [0.5, 0.6) is 0 Å². The number of benzene rings is 1. The zero-order chi connectivity index (χ0) is 20.3. The van der Waals surface area contributed by atoms with Gasteiger partial charge in [-0.1, -0.05) is 41.1 Å². The largest absolute Gasteiger partial charge is 0.339 e. The number of rotatable bonds is 5. The second-order valence-corrected chi connectivity index (χ2v) is 8.44. The quantitative estimate of drug-likeness (QED) is 0.705. The summed E-state index contributed by atoms with van der Waals surface area (Å²) in [6.07, 6.45) is 1.47. The fourth-order valence-electron chi connectivity index (χ4n) is 3.26. The summed E-state index contributed by atoms with van der Waals surface area (Å²) in [7, 11) is 0. The van der Waals surface area contributed by atoms with Gasteiger partial charge in [0.1, 0.15) is 0 Å². The lowest BCUT2D eigenvalue weighted by molar-refractivity contribution is -0.132. The minimum absolute atomic E-state index is 0.131. The second-order valence-electron chi connectivity index (χ2n) is 7.52. The first-order chi connectivity index (χ1) is 13.4. The molecule has 1 aliphatic heterocycles. The number of hydrogen-bond acceptors (Lipinski definition) is 4. The van der Waals surface area contributed by atoms with Crippen molar-refractivity contribution in [3.05, 3.63) is 40.1 Å². The summed E-state index contributed by atoms with van der Waals surface area (Å²) in [4.78, 5) is 28.8. The summed E-state index contributed by atoms with van der Waals surface area (Å²) in [6.45, 7) is 8.27. The van der Waals surface area contributed by atoms with Crippen LogP contribution in [-0.4, -0.2) is 62.8 Å². The number of aromatic nitrogens is 3. The van der Waals surface area contributed by atoms with Crippen LogP contribution >= 0.6 is 15.9 Å². The van der Waals surface area contributed by atoms with Gasteiger partial charge in [0.05, 0.1) is 11.4 Å². The number of amides is 2. The van der Waals surface area contributed by atoms with Crippen LogP contribution in [0.1, 0.15) is 42.9 Å². The molecule has 1 aromatic carbocycles. The van der Waals surface area contributed by atoms with Crippen molar-refractivity contribution >= 4 is 27.7 Å². The number of carbonyl (C=O) groups excluding carboxylic acids is 2. The van der Waals surface area contributed by atoms with Gasteiger partial charge in [0.25, 0.3) is 5.91 Å². The van der Waals surface area contributed by atoms with Gasteiger partial charge in [0, 0.05) is 37.1 Å². The first kappa shape index (κ1) is 20.5. The zero-order valence-corrected chi connectivity index (χ0v) is 18.1. The van der Waals surface area contributed by atoms with Gasteiger partial charge in [-0.15, -0.1) is 5.10 Å². The molecule has 3 rings (SSSR count). The van der Waals surface area contributed by atoms with E-state index in [9.17, 15) is 9.59 Å². The van der Waals surface area contributed by atoms with Crippen molar-refractivity contribution in [2.24, 2.45) is 5.92 Å². The van der Waals surface area contributed by atoms with Crippen LogP contribution in [0.25, 0.3) is 5.69 Å². The van der Waals surface area contributed by atoms with E-state index in [4.69, 9.17) is 0 Å². The van der Waals surface area contributed by atoms with Crippen molar-refractivity contribution in [2.75, 3.05) is 26.2 Å². The van der Waals surface area contributed by atoms with Crippen molar-refractivity contribution in [3.63, 3.8) is 0 Å². The molecule has 0 N–H and O–H groups in total. The summed E-state index contributed by atoms with van der Waals surface area (Å²) in [5.41, 5.74) is 1.91. The lowest BCUT2D eigenvalue weighted by Crippen LogP contribution is -2.50. The van der Waals surface area contributed by atoms with Gasteiger partial charge >= 0.3 is 0 Å². The third-order valence-electron chi connectivity index (χ3n) is 5.01. The van der Waals surface area contributed by atoms with Gasteiger partial charge in [-0.05, 0) is 37.5 Å². The van der Waals surface area contributed by atoms with Crippen LogP contribution in [0, 0.1) is 12.8 Å². The Hall–Kier alpha value is -2.22. The van der Waals surface area contributed by atoms with Gasteiger partial charge < -0.3 is 9.80 Å². The fraction of sp³-hybridized carbons (Fsp3) is 0.500. The summed E-state index contributed by atoms with van der Waals surface area (Å²) in [5.74, 6) is 0.563. The molecule has 1 aromatic heterocycles. The maximum atomic E-state index is 12.9. The van der Waals surface area contributed by atoms with Crippen LogP contribution in [0.15, 0.2) is 28.7 Å². The van der Waals surface area contributed by atoms with Crippen LogP contribution in [0.3, 0.4) is 0 Å². The molecule has 150 valence electrons. The van der Waals surface area contributed by atoms with Crippen molar-refractivity contribution in [2.45, 2.75) is 33.6 Å². The van der Waals surface area contributed by atoms with E-state index in [1.165, 1.54) is 0 Å². The highest BCUT2D eigenvalue weighted by atomic mass is 79.9. The van der Waals surface area contributed by atoms with Crippen LogP contribution in [-0.2, 0) is 4.79 Å². The highest BCUT2D eigenvalue weighted by Crippen LogP contribution is 2.18. The molecule has 7 nitrogen and oxygen atoms in total. The molecule has 1 aliphatic rings. The predicted octanol–water partition coefficient (Wildman–Crippen LogP) is 3.06. The fourth-order valence-corrected chi connectivity index (χ4v) is 3.65. The normalized spacial score (nSPS) is 14.6. The highest BCUT2D eigenvalue weighted by Gasteiger charge is 2.28. The number of nitrogens with zero attached hydrogens (tertiary/aromatic N) is 5. The van der Waals surface area contributed by atoms with E-state index < -0.39 is 0 Å². The van der Waals surface area contributed by atoms with Crippen molar-refractivity contribution < 1.29 is 9.59 Å². The molecule has 0 atom stereocenters. The van der Waals surface area contributed by atoms with Gasteiger partial charge in [-0.3, -0.25) is 9.59 Å². The van der Waals surface area contributed by atoms with Crippen LogP contribution in [0.2, 0.25) is 0 Å². The summed E-state index contributed by atoms with van der Waals surface area (Å²) >= 11 is 3.45. The minimum Gasteiger partial charge on any atom is -0.339 e. The number of carbonyl (C=O) groups is 2. The second kappa shape index (κ2) is 8.86. The lowest BCUT2D eigenvalue weighted by atomic mass is 10.1. The molecule has 28 heavy (non-hydrogen) atoms. The Kier molecular flexibility index (Phi) is 6.49. The van der Waals surface area contributed by atoms with Crippen molar-refractivity contribution in [1.29, 1.82) is 0 Å². The lowest BCUT2D eigenvalue weighted by Gasteiger charge is -2.34. The molecule has 0 unspecified atom stereocenters. The molecule has 8 heteroatoms. The monoisotopic (exact) mass is 447 g/mol. The Morgan fingerprint density at radius 1 is 1.14 bits per heavy atom. The first-order valence-corrected chi connectivity index (χ1v) is 10.4. The number of halogens is 1. The van der Waals surface area contributed by atoms with E-state index in [1.54, 1.807) is 9.58 Å². The molecule has 2 aromatic rings. The predicted molar refractivity (Wildman–Crippen MR) is 110 cm³/mol. The van der Waals surface area contributed by atoms with Gasteiger partial charge in [-0.25, -0.2) is 4.68 Å². The Labute approximate surface area is 173 Å². The van der Waals surface area contributed by atoms with Gasteiger partial charge in [0.2, 0.25) is 5.91 Å². The molecule has 1 saturated heterocycles. The maximum absolute atomic E-state index is 12.9. The van der Waals surface area contributed by atoms with E-state index >= 15 is 0 Å². The zero-order valence-electron chi connectivity index (χ0n) is 16.6. The Morgan fingerprint density at radius 2 is 1.82 bits per heavy atom. The average molecular weight is 448 g/mol. The number of hydrogen-bond donors (Lipinski definition) is 0. The third-order valence-corrected chi connectivity index (χ3v) is 5.50. The molecule has 0 radical (unpaired) electrons. The first-order valence-electron chi connectivity index (χ1n) is 9.62. The van der Waals surface area contributed by atoms with Gasteiger partial charge in [-0.2, -0.15) is 0 Å². The molecule has 2 heterocycles. The molecule has 0 saturated carbocycles. The van der Waals surface area contributed by atoms with Crippen LogP contribution < -0.4 is 0 Å². The van der Waals surface area contributed by atoms with Crippen molar-refractivity contribution in [1.82, 2.24) is 24.8 Å². The smallest absolute Gasteiger partial charge is 0.276 e. The van der Waals surface area contributed by atoms with E-state index in [0.717, 1.165) is 16.6 Å². The Morgan fingerprint density at radius 3 is 2.46 bits per heavy atom. The molecule has 0 spiro atoms. The Balaban J connectivity index is 1.64. The standard InChI is InChI=1S/C20H26BrN5O2/c1-14(2)7-8-18(27)24-9-11-25(12-10-24)20(28)19-15(3)26(23-22-19)17-6-4-5-16(21)13-17/h4-6,13-14H,7-12H2,1-3H3. The SMILES string of the molecule is Cc1c(C(=O)N2CCN(C(=O)CCC(C)C)CC2)nnn1-c1cccc(Br)c1. The third kappa shape index (κ3) is 4.60. The van der Waals surface area contributed by atoms with E-state index in [1.807, 2.05) is 36.1 Å². The van der Waals surface area contributed by atoms with Crippen molar-refractivity contribution in [3.8, 4) is 5.69 Å². The Bertz CT molecular complexity index is 856. The highest BCUT2D eigenvalue weighted by molar-refractivity contribution is 9.10. The molecule has 1 fully saturated rings. The van der Waals surface area contributed by atoms with Crippen LogP contribution in [0.4, 0.5) is 0 Å². The summed E-state index contributed by atoms with van der Waals surface area (Å²) < 4.78 is 2.61. The molecular weight excluding hydrogens is 422 g/mol. The summed E-state index contributed by atoms with van der Waals surface area (Å²) in [5, 5.41) is 8.29. The molecule has 0 aliphatic carbocycles. The minimum atomic E-state index is -0.131. The molecule has 2 amide bonds. The molecular formula is C20H26BrN5O2. The van der Waals surface area contributed by atoms with E-state index in [-0.39, 0.29) is 11.8 Å².